The molecule has 100 valence electrons. The van der Waals surface area contributed by atoms with Crippen LogP contribution in [0.15, 0.2) is 30.7 Å². The number of hydrogen-bond acceptors (Lipinski definition) is 4. The third-order valence-corrected chi connectivity index (χ3v) is 2.84. The summed E-state index contributed by atoms with van der Waals surface area (Å²) >= 11 is 0. The fraction of sp³-hybridized carbons (Fsp3) is 0.286. The van der Waals surface area contributed by atoms with Gasteiger partial charge in [-0.2, -0.15) is 0 Å². The smallest absolute Gasteiger partial charge is 0.437 e. The van der Waals surface area contributed by atoms with E-state index in [1.54, 1.807) is 10.9 Å². The second kappa shape index (κ2) is 5.56. The van der Waals surface area contributed by atoms with Gasteiger partial charge < -0.3 is 9.47 Å². The molecule has 1 aromatic carbocycles. The second-order valence-electron chi connectivity index (χ2n) is 4.14. The molecule has 0 aliphatic rings. The molecule has 0 saturated heterocycles. The molecule has 0 bridgehead atoms. The van der Waals surface area contributed by atoms with Crippen molar-refractivity contribution in [3.8, 4) is 11.6 Å². The van der Waals surface area contributed by atoms with Crippen LogP contribution in [0.4, 0.5) is 4.79 Å². The van der Waals surface area contributed by atoms with Crippen molar-refractivity contribution in [3.05, 3.63) is 41.9 Å². The molecule has 0 radical (unpaired) electrons. The van der Waals surface area contributed by atoms with Crippen molar-refractivity contribution >= 4 is 6.16 Å². The molecule has 0 amide bonds. The molecule has 0 aliphatic carbocycles. The molecular formula is C14H16N2O3. The highest BCUT2D eigenvalue weighted by atomic mass is 16.7. The molecule has 0 atom stereocenters. The Labute approximate surface area is 111 Å². The van der Waals surface area contributed by atoms with Crippen LogP contribution >= 0.6 is 0 Å². The maximum atomic E-state index is 11.2. The quantitative estimate of drug-likeness (QED) is 0.796. The second-order valence-corrected chi connectivity index (χ2v) is 4.14. The van der Waals surface area contributed by atoms with E-state index in [0.29, 0.717) is 5.88 Å². The summed E-state index contributed by atoms with van der Waals surface area (Å²) < 4.78 is 11.3. The van der Waals surface area contributed by atoms with E-state index in [4.69, 9.17) is 4.74 Å². The summed E-state index contributed by atoms with van der Waals surface area (Å²) in [6.07, 6.45) is 3.23. The highest BCUT2D eigenvalue weighted by molar-refractivity contribution is 5.63. The van der Waals surface area contributed by atoms with Gasteiger partial charge in [-0.25, -0.2) is 9.78 Å². The largest absolute Gasteiger partial charge is 0.514 e. The highest BCUT2D eigenvalue weighted by Crippen LogP contribution is 2.23. The monoisotopic (exact) mass is 260 g/mol. The van der Waals surface area contributed by atoms with Crippen LogP contribution in [-0.2, 0) is 11.2 Å². The first-order valence-electron chi connectivity index (χ1n) is 6.03. The van der Waals surface area contributed by atoms with E-state index < -0.39 is 6.16 Å². The lowest BCUT2D eigenvalue weighted by molar-refractivity contribution is 0.119. The number of imidazole rings is 1. The zero-order valence-electron chi connectivity index (χ0n) is 11.2. The van der Waals surface area contributed by atoms with Crippen molar-refractivity contribution in [2.24, 2.45) is 0 Å². The number of carbonyl (C=O) groups excluding carboxylic acids is 1. The Hall–Kier alpha value is -2.30. The Bertz CT molecular complexity index is 590. The molecule has 0 fully saturated rings. The van der Waals surface area contributed by atoms with Gasteiger partial charge >= 0.3 is 6.16 Å². The van der Waals surface area contributed by atoms with Crippen molar-refractivity contribution < 1.29 is 14.3 Å². The number of ether oxygens (including phenoxy) is 2. The summed E-state index contributed by atoms with van der Waals surface area (Å²) in [6.45, 7) is 4.09. The van der Waals surface area contributed by atoms with Crippen molar-refractivity contribution in [2.75, 3.05) is 7.11 Å². The zero-order valence-corrected chi connectivity index (χ0v) is 11.2. The van der Waals surface area contributed by atoms with Crippen LogP contribution in [0.5, 0.6) is 5.88 Å². The first-order valence-corrected chi connectivity index (χ1v) is 6.03. The normalized spacial score (nSPS) is 10.3. The molecular weight excluding hydrogens is 244 g/mol. The number of hydrogen-bond donors (Lipinski definition) is 0. The third kappa shape index (κ3) is 2.76. The van der Waals surface area contributed by atoms with Crippen molar-refractivity contribution in [2.45, 2.75) is 20.3 Å². The topological polar surface area (TPSA) is 53.4 Å². The number of carbonyl (C=O) groups is 1. The Balaban J connectivity index is 2.44. The van der Waals surface area contributed by atoms with Crippen LogP contribution in [0.1, 0.15) is 18.1 Å². The van der Waals surface area contributed by atoms with E-state index in [1.807, 2.05) is 13.0 Å². The van der Waals surface area contributed by atoms with Gasteiger partial charge in [0.1, 0.15) is 6.33 Å². The van der Waals surface area contributed by atoms with Gasteiger partial charge in [0.15, 0.2) is 0 Å². The molecule has 1 aromatic heterocycles. The Kier molecular flexibility index (Phi) is 3.85. The lowest BCUT2D eigenvalue weighted by atomic mass is 10.1. The minimum absolute atomic E-state index is 0.340. The summed E-state index contributed by atoms with van der Waals surface area (Å²) in [5, 5.41) is 0. The molecule has 0 N–H and O–H groups in total. The minimum Gasteiger partial charge on any atom is -0.437 e. The van der Waals surface area contributed by atoms with Gasteiger partial charge in [-0.15, -0.1) is 0 Å². The summed E-state index contributed by atoms with van der Waals surface area (Å²) in [5.74, 6) is 0.340. The molecule has 0 aliphatic heterocycles. The molecule has 0 unspecified atom stereocenters. The predicted octanol–water partition coefficient (Wildman–Crippen LogP) is 2.89. The molecule has 19 heavy (non-hydrogen) atoms. The molecule has 0 saturated carbocycles. The maximum absolute atomic E-state index is 11.2. The number of rotatable bonds is 3. The van der Waals surface area contributed by atoms with Crippen LogP contribution in [0.2, 0.25) is 0 Å². The van der Waals surface area contributed by atoms with E-state index in [1.165, 1.54) is 13.3 Å². The minimum atomic E-state index is -0.757. The van der Waals surface area contributed by atoms with Crippen LogP contribution in [0.25, 0.3) is 5.69 Å². The molecule has 2 aromatic rings. The van der Waals surface area contributed by atoms with Crippen molar-refractivity contribution in [1.29, 1.82) is 0 Å². The zero-order chi connectivity index (χ0) is 13.8. The van der Waals surface area contributed by atoms with Crippen LogP contribution in [0.3, 0.4) is 0 Å². The lowest BCUT2D eigenvalue weighted by Gasteiger charge is -2.12. The Morgan fingerprint density at radius 2 is 2.21 bits per heavy atom. The van der Waals surface area contributed by atoms with Gasteiger partial charge in [0.25, 0.3) is 0 Å². The van der Waals surface area contributed by atoms with Gasteiger partial charge in [0, 0.05) is 0 Å². The van der Waals surface area contributed by atoms with Gasteiger partial charge in [0.2, 0.25) is 5.88 Å². The first kappa shape index (κ1) is 13.1. The van der Waals surface area contributed by atoms with E-state index in [0.717, 1.165) is 23.2 Å². The molecule has 2 rings (SSSR count). The molecule has 0 spiro atoms. The standard InChI is InChI=1S/C14H16N2O3/c1-4-11-6-5-10(2)7-12(11)16-9-15-8-13(16)19-14(17)18-3/h5-9H,4H2,1-3H3. The Morgan fingerprint density at radius 3 is 2.89 bits per heavy atom. The van der Waals surface area contributed by atoms with E-state index in [2.05, 4.69) is 28.8 Å². The van der Waals surface area contributed by atoms with Crippen LogP contribution < -0.4 is 4.74 Å². The summed E-state index contributed by atoms with van der Waals surface area (Å²) in [5.41, 5.74) is 3.24. The van der Waals surface area contributed by atoms with Crippen molar-refractivity contribution in [1.82, 2.24) is 9.55 Å². The summed E-state index contributed by atoms with van der Waals surface area (Å²) in [7, 11) is 1.27. The lowest BCUT2D eigenvalue weighted by Crippen LogP contribution is -2.11. The van der Waals surface area contributed by atoms with Crippen LogP contribution in [0, 0.1) is 6.92 Å². The van der Waals surface area contributed by atoms with E-state index in [-0.39, 0.29) is 0 Å². The number of benzene rings is 1. The summed E-state index contributed by atoms with van der Waals surface area (Å²) in [4.78, 5) is 15.2. The number of aromatic nitrogens is 2. The Morgan fingerprint density at radius 1 is 1.42 bits per heavy atom. The average molecular weight is 260 g/mol. The first-order chi connectivity index (χ1) is 9.15. The predicted molar refractivity (Wildman–Crippen MR) is 70.7 cm³/mol. The third-order valence-electron chi connectivity index (χ3n) is 2.84. The number of nitrogens with zero attached hydrogens (tertiary/aromatic N) is 2. The summed E-state index contributed by atoms with van der Waals surface area (Å²) in [6, 6.07) is 6.15. The average Bonchev–Trinajstić information content (AvgIpc) is 2.86. The fourth-order valence-electron chi connectivity index (χ4n) is 1.86. The van der Waals surface area contributed by atoms with Gasteiger partial charge in [0.05, 0.1) is 19.0 Å². The SMILES string of the molecule is CCc1ccc(C)cc1-n1cncc1OC(=O)OC. The fourth-order valence-corrected chi connectivity index (χ4v) is 1.86. The van der Waals surface area contributed by atoms with E-state index in [9.17, 15) is 4.79 Å². The number of methoxy groups -OCH3 is 1. The van der Waals surface area contributed by atoms with Gasteiger partial charge in [-0.3, -0.25) is 4.57 Å². The molecule has 5 heteroatoms. The van der Waals surface area contributed by atoms with Gasteiger partial charge in [-0.05, 0) is 30.5 Å². The van der Waals surface area contributed by atoms with Crippen molar-refractivity contribution in [3.63, 3.8) is 0 Å². The van der Waals surface area contributed by atoms with Gasteiger partial charge in [-0.1, -0.05) is 19.1 Å². The molecule has 5 nitrogen and oxygen atoms in total. The van der Waals surface area contributed by atoms with Crippen LogP contribution in [-0.4, -0.2) is 22.8 Å². The highest BCUT2D eigenvalue weighted by Gasteiger charge is 2.13. The number of aryl methyl sites for hydroxylation is 2. The molecule has 1 heterocycles. The maximum Gasteiger partial charge on any atom is 0.514 e. The van der Waals surface area contributed by atoms with E-state index >= 15 is 0 Å².